The van der Waals surface area contributed by atoms with Gasteiger partial charge in [0.05, 0.1) is 6.26 Å². The molecule has 3 nitrogen and oxygen atoms in total. The third-order valence-corrected chi connectivity index (χ3v) is 4.30. The molecule has 1 rings (SSSR count). The molecule has 0 aromatic heterocycles. The standard InChI is InChI=1S/C9H18BrNO2S/c1-8(10)7-9-5-3-4-6-11(9)14(2,12)13/h8-9H,3-7H2,1-2H3. The van der Waals surface area contributed by atoms with E-state index in [0.717, 1.165) is 25.7 Å². The summed E-state index contributed by atoms with van der Waals surface area (Å²) in [5, 5.41) is 0. The molecule has 14 heavy (non-hydrogen) atoms. The fourth-order valence-electron chi connectivity index (χ4n) is 2.02. The molecule has 1 aliphatic rings. The van der Waals surface area contributed by atoms with E-state index in [4.69, 9.17) is 0 Å². The molecule has 0 saturated carbocycles. The first-order valence-electron chi connectivity index (χ1n) is 5.02. The van der Waals surface area contributed by atoms with E-state index in [2.05, 4.69) is 22.9 Å². The van der Waals surface area contributed by atoms with Gasteiger partial charge in [0, 0.05) is 17.4 Å². The van der Waals surface area contributed by atoms with Crippen LogP contribution in [0.4, 0.5) is 0 Å². The average molecular weight is 284 g/mol. The Bertz CT molecular complexity index is 277. The number of piperidine rings is 1. The molecule has 5 heteroatoms. The highest BCUT2D eigenvalue weighted by Crippen LogP contribution is 2.24. The second-order valence-electron chi connectivity index (χ2n) is 4.04. The van der Waals surface area contributed by atoms with Crippen LogP contribution in [0.5, 0.6) is 0 Å². The van der Waals surface area contributed by atoms with Gasteiger partial charge in [-0.25, -0.2) is 8.42 Å². The minimum absolute atomic E-state index is 0.202. The number of sulfonamides is 1. The van der Waals surface area contributed by atoms with Crippen molar-refractivity contribution >= 4 is 26.0 Å². The Morgan fingerprint density at radius 2 is 2.14 bits per heavy atom. The summed E-state index contributed by atoms with van der Waals surface area (Å²) < 4.78 is 24.6. The molecule has 0 aliphatic carbocycles. The van der Waals surface area contributed by atoms with Gasteiger partial charge in [0.1, 0.15) is 0 Å². The summed E-state index contributed by atoms with van der Waals surface area (Å²) in [6.07, 6.45) is 5.37. The largest absolute Gasteiger partial charge is 0.212 e. The minimum Gasteiger partial charge on any atom is -0.212 e. The van der Waals surface area contributed by atoms with Crippen molar-refractivity contribution in [2.24, 2.45) is 0 Å². The molecule has 1 saturated heterocycles. The Hall–Kier alpha value is 0.390. The Morgan fingerprint density at radius 1 is 1.50 bits per heavy atom. The smallest absolute Gasteiger partial charge is 0.211 e. The first-order valence-corrected chi connectivity index (χ1v) is 7.78. The third kappa shape index (κ3) is 3.51. The van der Waals surface area contributed by atoms with E-state index in [1.54, 1.807) is 4.31 Å². The van der Waals surface area contributed by atoms with Crippen LogP contribution in [0.3, 0.4) is 0 Å². The molecule has 0 aromatic rings. The first kappa shape index (κ1) is 12.5. The van der Waals surface area contributed by atoms with Gasteiger partial charge in [-0.15, -0.1) is 0 Å². The average Bonchev–Trinajstić information content (AvgIpc) is 2.01. The molecule has 1 fully saturated rings. The predicted octanol–water partition coefficient (Wildman–Crippen LogP) is 1.97. The summed E-state index contributed by atoms with van der Waals surface area (Å²) >= 11 is 3.48. The van der Waals surface area contributed by atoms with Gasteiger partial charge in [-0.2, -0.15) is 4.31 Å². The third-order valence-electron chi connectivity index (χ3n) is 2.60. The Morgan fingerprint density at radius 3 is 2.64 bits per heavy atom. The molecule has 0 spiro atoms. The molecule has 2 unspecified atom stereocenters. The molecular formula is C9H18BrNO2S. The van der Waals surface area contributed by atoms with Gasteiger partial charge in [-0.1, -0.05) is 29.3 Å². The topological polar surface area (TPSA) is 37.4 Å². The van der Waals surface area contributed by atoms with Crippen LogP contribution < -0.4 is 0 Å². The van der Waals surface area contributed by atoms with Crippen LogP contribution in [0, 0.1) is 0 Å². The lowest BCUT2D eigenvalue weighted by atomic mass is 10.0. The van der Waals surface area contributed by atoms with Gasteiger partial charge in [-0.3, -0.25) is 0 Å². The van der Waals surface area contributed by atoms with Crippen molar-refractivity contribution in [1.29, 1.82) is 0 Å². The summed E-state index contributed by atoms with van der Waals surface area (Å²) in [5.41, 5.74) is 0. The highest BCUT2D eigenvalue weighted by atomic mass is 79.9. The van der Waals surface area contributed by atoms with Gasteiger partial charge < -0.3 is 0 Å². The van der Waals surface area contributed by atoms with Crippen LogP contribution in [0.2, 0.25) is 0 Å². The van der Waals surface area contributed by atoms with Crippen molar-refractivity contribution < 1.29 is 8.42 Å². The number of hydrogen-bond acceptors (Lipinski definition) is 2. The number of alkyl halides is 1. The highest BCUT2D eigenvalue weighted by molar-refractivity contribution is 9.09. The number of nitrogens with zero attached hydrogens (tertiary/aromatic N) is 1. The van der Waals surface area contributed by atoms with Gasteiger partial charge in [-0.05, 0) is 19.3 Å². The van der Waals surface area contributed by atoms with Crippen LogP contribution >= 0.6 is 15.9 Å². The Labute approximate surface area is 95.0 Å². The van der Waals surface area contributed by atoms with Gasteiger partial charge in [0.2, 0.25) is 10.0 Å². The van der Waals surface area contributed by atoms with Crippen LogP contribution in [0.1, 0.15) is 32.6 Å². The zero-order valence-electron chi connectivity index (χ0n) is 8.74. The molecule has 0 radical (unpaired) electrons. The van der Waals surface area contributed by atoms with Crippen molar-refractivity contribution in [2.45, 2.75) is 43.5 Å². The summed E-state index contributed by atoms with van der Waals surface area (Å²) in [6.45, 7) is 2.76. The van der Waals surface area contributed by atoms with E-state index in [1.165, 1.54) is 6.26 Å². The van der Waals surface area contributed by atoms with Crippen molar-refractivity contribution in [3.05, 3.63) is 0 Å². The lowest BCUT2D eigenvalue weighted by Gasteiger charge is -2.34. The summed E-state index contributed by atoms with van der Waals surface area (Å²) in [6, 6.07) is 0.202. The molecule has 1 heterocycles. The molecule has 2 atom stereocenters. The molecule has 0 N–H and O–H groups in total. The first-order chi connectivity index (χ1) is 6.41. The van der Waals surface area contributed by atoms with E-state index >= 15 is 0 Å². The minimum atomic E-state index is -3.01. The lowest BCUT2D eigenvalue weighted by molar-refractivity contribution is 0.243. The summed E-state index contributed by atoms with van der Waals surface area (Å²) in [4.78, 5) is 0.384. The maximum Gasteiger partial charge on any atom is 0.211 e. The normalized spacial score (nSPS) is 27.5. The number of halogens is 1. The van der Waals surface area contributed by atoms with Crippen LogP contribution in [0.25, 0.3) is 0 Å². The van der Waals surface area contributed by atoms with Crippen molar-refractivity contribution in [1.82, 2.24) is 4.31 Å². The molecule has 84 valence electrons. The van der Waals surface area contributed by atoms with Crippen LogP contribution in [-0.4, -0.2) is 36.4 Å². The maximum atomic E-state index is 11.5. The summed E-state index contributed by atoms with van der Waals surface area (Å²) in [5.74, 6) is 0. The Kier molecular flexibility index (Phi) is 4.40. The number of rotatable bonds is 3. The van der Waals surface area contributed by atoms with E-state index in [1.807, 2.05) is 0 Å². The zero-order chi connectivity index (χ0) is 10.8. The van der Waals surface area contributed by atoms with E-state index in [-0.39, 0.29) is 6.04 Å². The van der Waals surface area contributed by atoms with Crippen LogP contribution in [-0.2, 0) is 10.0 Å². The zero-order valence-corrected chi connectivity index (χ0v) is 11.1. The Balaban J connectivity index is 2.69. The van der Waals surface area contributed by atoms with E-state index in [9.17, 15) is 8.42 Å². The monoisotopic (exact) mass is 283 g/mol. The second kappa shape index (κ2) is 4.94. The molecule has 0 bridgehead atoms. The predicted molar refractivity (Wildman–Crippen MR) is 62.2 cm³/mol. The molecule has 1 aliphatic heterocycles. The lowest BCUT2D eigenvalue weighted by Crippen LogP contribution is -2.43. The maximum absolute atomic E-state index is 11.5. The van der Waals surface area contributed by atoms with Gasteiger partial charge >= 0.3 is 0 Å². The summed E-state index contributed by atoms with van der Waals surface area (Å²) in [7, 11) is -3.01. The second-order valence-corrected chi connectivity index (χ2v) is 7.54. The highest BCUT2D eigenvalue weighted by Gasteiger charge is 2.29. The fourth-order valence-corrected chi connectivity index (χ4v) is 3.65. The van der Waals surface area contributed by atoms with Gasteiger partial charge in [0.15, 0.2) is 0 Å². The van der Waals surface area contributed by atoms with Crippen molar-refractivity contribution in [3.63, 3.8) is 0 Å². The SMILES string of the molecule is CC(Br)CC1CCCCN1S(C)(=O)=O. The quantitative estimate of drug-likeness (QED) is 0.743. The van der Waals surface area contributed by atoms with Gasteiger partial charge in [0.25, 0.3) is 0 Å². The van der Waals surface area contributed by atoms with E-state index < -0.39 is 10.0 Å². The van der Waals surface area contributed by atoms with Crippen molar-refractivity contribution in [2.75, 3.05) is 12.8 Å². The molecule has 0 amide bonds. The molecule has 0 aromatic carbocycles. The number of hydrogen-bond donors (Lipinski definition) is 0. The van der Waals surface area contributed by atoms with Crippen molar-refractivity contribution in [3.8, 4) is 0 Å². The fraction of sp³-hybridized carbons (Fsp3) is 1.00. The molecular weight excluding hydrogens is 266 g/mol. The van der Waals surface area contributed by atoms with E-state index in [0.29, 0.717) is 11.4 Å². The van der Waals surface area contributed by atoms with Crippen LogP contribution in [0.15, 0.2) is 0 Å².